The Bertz CT molecular complexity index is 523. The van der Waals surface area contributed by atoms with Gasteiger partial charge in [-0.2, -0.15) is 0 Å². The largest absolute Gasteiger partial charge is 0.488 e. The van der Waals surface area contributed by atoms with E-state index in [2.05, 4.69) is 6.92 Å². The maximum atomic E-state index is 10.1. The number of hydrogen-bond donors (Lipinski definition) is 2. The Kier molecular flexibility index (Phi) is 4.42. The highest BCUT2D eigenvalue weighted by atomic mass is 16.5. The van der Waals surface area contributed by atoms with Gasteiger partial charge in [-0.05, 0) is 29.7 Å². The highest BCUT2D eigenvalue weighted by molar-refractivity contribution is 5.51. The molecule has 0 spiro atoms. The van der Waals surface area contributed by atoms with Crippen LogP contribution in [-0.2, 0) is 6.42 Å². The lowest BCUT2D eigenvalue weighted by atomic mass is 10.1. The number of ether oxygens (including phenoxy) is 1. The summed E-state index contributed by atoms with van der Waals surface area (Å²) in [6, 6.07) is 15.2. The third kappa shape index (κ3) is 3.48. The standard InChI is InChI=1S/C16H19NO2/c1-2-12-7-9-13(10-8-12)15(18)11-19-16-6-4-3-5-14(16)17/h3-10,15,18H,2,11,17H2,1H3. The smallest absolute Gasteiger partial charge is 0.142 e. The molecule has 2 rings (SSSR count). The number of nitrogens with two attached hydrogens (primary N) is 1. The van der Waals surface area contributed by atoms with Crippen LogP contribution in [0.5, 0.6) is 5.75 Å². The van der Waals surface area contributed by atoms with Crippen molar-refractivity contribution in [3.05, 3.63) is 59.7 Å². The minimum atomic E-state index is -0.648. The van der Waals surface area contributed by atoms with E-state index >= 15 is 0 Å². The summed E-state index contributed by atoms with van der Waals surface area (Å²) < 4.78 is 5.53. The lowest BCUT2D eigenvalue weighted by molar-refractivity contribution is 0.108. The lowest BCUT2D eigenvalue weighted by Gasteiger charge is -2.14. The van der Waals surface area contributed by atoms with E-state index in [-0.39, 0.29) is 6.61 Å². The number of para-hydroxylation sites is 2. The third-order valence-electron chi connectivity index (χ3n) is 3.09. The van der Waals surface area contributed by atoms with Gasteiger partial charge in [-0.25, -0.2) is 0 Å². The van der Waals surface area contributed by atoms with Crippen molar-refractivity contribution >= 4 is 5.69 Å². The molecule has 1 atom stereocenters. The Morgan fingerprint density at radius 2 is 1.79 bits per heavy atom. The van der Waals surface area contributed by atoms with Gasteiger partial charge in [-0.15, -0.1) is 0 Å². The predicted molar refractivity (Wildman–Crippen MR) is 77.1 cm³/mol. The van der Waals surface area contributed by atoms with Crippen molar-refractivity contribution < 1.29 is 9.84 Å². The minimum absolute atomic E-state index is 0.194. The van der Waals surface area contributed by atoms with E-state index in [1.165, 1.54) is 5.56 Å². The lowest BCUT2D eigenvalue weighted by Crippen LogP contribution is -2.10. The topological polar surface area (TPSA) is 55.5 Å². The summed E-state index contributed by atoms with van der Waals surface area (Å²) in [4.78, 5) is 0. The molecule has 3 heteroatoms. The summed E-state index contributed by atoms with van der Waals surface area (Å²) >= 11 is 0. The zero-order valence-electron chi connectivity index (χ0n) is 11.0. The molecule has 0 fully saturated rings. The Morgan fingerprint density at radius 3 is 2.42 bits per heavy atom. The van der Waals surface area contributed by atoms with Crippen molar-refractivity contribution in [2.24, 2.45) is 0 Å². The number of benzene rings is 2. The fourth-order valence-corrected chi connectivity index (χ4v) is 1.85. The molecule has 0 bridgehead atoms. The molecule has 19 heavy (non-hydrogen) atoms. The Balaban J connectivity index is 1.97. The average molecular weight is 257 g/mol. The van der Waals surface area contributed by atoms with Crippen molar-refractivity contribution in [1.82, 2.24) is 0 Å². The number of hydrogen-bond acceptors (Lipinski definition) is 3. The molecule has 0 aliphatic heterocycles. The molecule has 0 aliphatic carbocycles. The third-order valence-corrected chi connectivity index (χ3v) is 3.09. The normalized spacial score (nSPS) is 12.1. The molecular weight excluding hydrogens is 238 g/mol. The van der Waals surface area contributed by atoms with Crippen LogP contribution in [0.25, 0.3) is 0 Å². The van der Waals surface area contributed by atoms with Crippen LogP contribution in [0, 0.1) is 0 Å². The van der Waals surface area contributed by atoms with Gasteiger partial charge in [0.25, 0.3) is 0 Å². The summed E-state index contributed by atoms with van der Waals surface area (Å²) in [6.07, 6.45) is 0.346. The van der Waals surface area contributed by atoms with E-state index in [9.17, 15) is 5.11 Å². The first-order valence-corrected chi connectivity index (χ1v) is 6.45. The zero-order valence-corrected chi connectivity index (χ0v) is 11.0. The van der Waals surface area contributed by atoms with Crippen LogP contribution in [0.3, 0.4) is 0 Å². The van der Waals surface area contributed by atoms with Crippen LogP contribution in [0.2, 0.25) is 0 Å². The van der Waals surface area contributed by atoms with Crippen LogP contribution in [0.4, 0.5) is 5.69 Å². The van der Waals surface area contributed by atoms with Gasteiger partial charge in [0, 0.05) is 0 Å². The zero-order chi connectivity index (χ0) is 13.7. The number of nitrogen functional groups attached to an aromatic ring is 1. The SMILES string of the molecule is CCc1ccc(C(O)COc2ccccc2N)cc1. The molecular formula is C16H19NO2. The molecule has 0 aliphatic rings. The van der Waals surface area contributed by atoms with Gasteiger partial charge >= 0.3 is 0 Å². The summed E-state index contributed by atoms with van der Waals surface area (Å²) in [5, 5.41) is 10.1. The summed E-state index contributed by atoms with van der Waals surface area (Å²) in [7, 11) is 0. The van der Waals surface area contributed by atoms with Gasteiger partial charge in [0.1, 0.15) is 18.5 Å². The number of aryl methyl sites for hydroxylation is 1. The predicted octanol–water partition coefficient (Wildman–Crippen LogP) is 2.94. The second kappa shape index (κ2) is 6.25. The second-order valence-corrected chi connectivity index (χ2v) is 4.46. The molecule has 0 saturated heterocycles. The van der Waals surface area contributed by atoms with E-state index in [1.807, 2.05) is 36.4 Å². The first-order valence-electron chi connectivity index (χ1n) is 6.45. The fourth-order valence-electron chi connectivity index (χ4n) is 1.85. The number of rotatable bonds is 5. The summed E-state index contributed by atoms with van der Waals surface area (Å²) in [6.45, 7) is 2.30. The van der Waals surface area contributed by atoms with Crippen molar-refractivity contribution in [3.63, 3.8) is 0 Å². The Morgan fingerprint density at radius 1 is 1.11 bits per heavy atom. The highest BCUT2D eigenvalue weighted by Gasteiger charge is 2.09. The van der Waals surface area contributed by atoms with Crippen LogP contribution >= 0.6 is 0 Å². The van der Waals surface area contributed by atoms with Crippen molar-refractivity contribution in [2.75, 3.05) is 12.3 Å². The Labute approximate surface area is 113 Å². The molecule has 3 nitrogen and oxygen atoms in total. The van der Waals surface area contributed by atoms with Crippen LogP contribution in [0.1, 0.15) is 24.2 Å². The van der Waals surface area contributed by atoms with Gasteiger partial charge in [-0.1, -0.05) is 43.3 Å². The van der Waals surface area contributed by atoms with Crippen molar-refractivity contribution in [1.29, 1.82) is 0 Å². The molecule has 0 heterocycles. The van der Waals surface area contributed by atoms with E-state index in [4.69, 9.17) is 10.5 Å². The quantitative estimate of drug-likeness (QED) is 0.810. The molecule has 0 aromatic heterocycles. The monoisotopic (exact) mass is 257 g/mol. The van der Waals surface area contributed by atoms with Crippen LogP contribution in [0.15, 0.2) is 48.5 Å². The van der Waals surface area contributed by atoms with E-state index in [1.54, 1.807) is 12.1 Å². The Hall–Kier alpha value is -2.00. The number of aliphatic hydroxyl groups excluding tert-OH is 1. The van der Waals surface area contributed by atoms with Crippen molar-refractivity contribution in [3.8, 4) is 5.75 Å². The van der Waals surface area contributed by atoms with E-state index < -0.39 is 6.10 Å². The molecule has 100 valence electrons. The van der Waals surface area contributed by atoms with E-state index in [0.717, 1.165) is 12.0 Å². The summed E-state index contributed by atoms with van der Waals surface area (Å²) in [5.74, 6) is 0.603. The van der Waals surface area contributed by atoms with Gasteiger partial charge in [0.15, 0.2) is 0 Å². The molecule has 0 saturated carbocycles. The van der Waals surface area contributed by atoms with Gasteiger partial charge in [0.2, 0.25) is 0 Å². The molecule has 3 N–H and O–H groups in total. The number of anilines is 1. The molecule has 0 amide bonds. The fraction of sp³-hybridized carbons (Fsp3) is 0.250. The molecule has 2 aromatic carbocycles. The minimum Gasteiger partial charge on any atom is -0.488 e. The molecule has 2 aromatic rings. The second-order valence-electron chi connectivity index (χ2n) is 4.46. The van der Waals surface area contributed by atoms with Crippen LogP contribution < -0.4 is 10.5 Å². The first kappa shape index (κ1) is 13.4. The van der Waals surface area contributed by atoms with E-state index in [0.29, 0.717) is 11.4 Å². The average Bonchev–Trinajstić information content (AvgIpc) is 2.46. The van der Waals surface area contributed by atoms with Crippen molar-refractivity contribution in [2.45, 2.75) is 19.4 Å². The molecule has 0 radical (unpaired) electrons. The van der Waals surface area contributed by atoms with Crippen LogP contribution in [-0.4, -0.2) is 11.7 Å². The van der Waals surface area contributed by atoms with Gasteiger partial charge < -0.3 is 15.6 Å². The first-order chi connectivity index (χ1) is 9.20. The van der Waals surface area contributed by atoms with Gasteiger partial charge in [-0.3, -0.25) is 0 Å². The number of aliphatic hydroxyl groups is 1. The molecule has 1 unspecified atom stereocenters. The maximum Gasteiger partial charge on any atom is 0.142 e. The van der Waals surface area contributed by atoms with Gasteiger partial charge in [0.05, 0.1) is 5.69 Å². The maximum absolute atomic E-state index is 10.1. The summed E-state index contributed by atoms with van der Waals surface area (Å²) in [5.41, 5.74) is 8.46. The highest BCUT2D eigenvalue weighted by Crippen LogP contribution is 2.22.